The van der Waals surface area contributed by atoms with Crippen LogP contribution in [-0.4, -0.2) is 6.61 Å². The third-order valence-corrected chi connectivity index (χ3v) is 20.1. The van der Waals surface area contributed by atoms with Crippen LogP contribution in [0, 0.1) is 48.5 Å². The van der Waals surface area contributed by atoms with Crippen molar-refractivity contribution in [2.24, 2.45) is 0 Å². The maximum atomic E-state index is 5.50. The molecule has 0 atom stereocenters. The van der Waals surface area contributed by atoms with Gasteiger partial charge in [0.1, 0.15) is 5.75 Å². The van der Waals surface area contributed by atoms with Crippen molar-refractivity contribution in [2.45, 2.75) is 105 Å². The molecule has 3 aliphatic rings. The highest BCUT2D eigenvalue weighted by molar-refractivity contribution is 5.95. The van der Waals surface area contributed by atoms with E-state index in [9.17, 15) is 0 Å². The van der Waals surface area contributed by atoms with Crippen LogP contribution in [0.3, 0.4) is 0 Å². The van der Waals surface area contributed by atoms with Crippen LogP contribution < -0.4 is 4.74 Å². The number of hydrogen-bond donors (Lipinski definition) is 0. The van der Waals surface area contributed by atoms with Crippen molar-refractivity contribution in [2.75, 3.05) is 6.61 Å². The first-order valence-electron chi connectivity index (χ1n) is 36.3. The molecule has 0 bridgehead atoms. The molecule has 0 N–H and O–H groups in total. The van der Waals surface area contributed by atoms with Gasteiger partial charge in [-0.2, -0.15) is 0 Å². The lowest BCUT2D eigenvalue weighted by molar-refractivity contribution is 0.309. The Labute approximate surface area is 609 Å². The molecule has 506 valence electrons. The summed E-state index contributed by atoms with van der Waals surface area (Å²) >= 11 is 0. The van der Waals surface area contributed by atoms with Crippen LogP contribution in [-0.2, 0) is 16.2 Å². The van der Waals surface area contributed by atoms with Crippen molar-refractivity contribution in [3.05, 3.63) is 435 Å². The molecule has 0 heterocycles. The van der Waals surface area contributed by atoms with Gasteiger partial charge in [-0.05, 0) is 178 Å². The lowest BCUT2D eigenvalue weighted by Gasteiger charge is -2.34. The Morgan fingerprint density at radius 2 is 0.529 bits per heavy atom. The number of aryl methyl sites for hydroxylation is 7. The highest BCUT2D eigenvalue weighted by atomic mass is 16.5. The smallest absolute Gasteiger partial charge is 0.119 e. The molecule has 0 unspecified atom stereocenters. The fraction of sp³-hybridized carbons (Fsp3) is 0.168. The Kier molecular flexibility index (Phi) is 22.2. The molecule has 0 aromatic heterocycles. The number of rotatable bonds is 8. The summed E-state index contributed by atoms with van der Waals surface area (Å²) in [6.07, 6.45) is 2.32. The van der Waals surface area contributed by atoms with E-state index < -0.39 is 0 Å². The predicted molar refractivity (Wildman–Crippen MR) is 435 cm³/mol. The van der Waals surface area contributed by atoms with Gasteiger partial charge in [0.25, 0.3) is 0 Å². The van der Waals surface area contributed by atoms with Gasteiger partial charge < -0.3 is 4.74 Å². The van der Waals surface area contributed by atoms with Crippen molar-refractivity contribution in [1.82, 2.24) is 0 Å². The molecular weight excluding hydrogens is 1230 g/mol. The van der Waals surface area contributed by atoms with Gasteiger partial charge in [-0.1, -0.05) is 407 Å². The Balaban J connectivity index is 0.000000121. The standard InChI is InChI=1S/C26H18.C26H20.C19H16.C11H16O.C11H16.C8H10/c1-17-14-15-21-20-10-4-7-13-24(20)26(25(21)16-17)22-11-5-2-8-18(22)19-9-3-6-12-23(19)26;1-19-16-17-23-22-14-8-9-15-24(22)26(25(23)18-19,20-10-4-2-5-11-20)21-12-6-3-7-13-21;1-15-7-9-17(10-8-15)19-13-11-18(12-14-19)16-5-3-2-4-6-16;1-3-4-9-12-11-7-5-10(2)6-8-11;1-9-5-7-10(8-6-9)11(2,3)4;1-7-3-5-8(2)6-4-7/h2-16H,1H3;2-18H,1H3;2-14H,1H3;5-8H,3-4,9H2,1-2H3;5-8H,1-4H3;3-6H,1-2H3. The van der Waals surface area contributed by atoms with Gasteiger partial charge in [0.2, 0.25) is 0 Å². The highest BCUT2D eigenvalue weighted by Crippen LogP contribution is 2.63. The van der Waals surface area contributed by atoms with Gasteiger partial charge in [-0.15, -0.1) is 0 Å². The van der Waals surface area contributed by atoms with E-state index in [0.717, 1.165) is 18.8 Å². The summed E-state index contributed by atoms with van der Waals surface area (Å²) in [5.41, 5.74) is 34.7. The third-order valence-electron chi connectivity index (χ3n) is 20.1. The van der Waals surface area contributed by atoms with E-state index in [1.165, 1.54) is 151 Å². The zero-order chi connectivity index (χ0) is 71.2. The molecule has 1 spiro atoms. The molecule has 3 aliphatic carbocycles. The molecule has 0 saturated heterocycles. The topological polar surface area (TPSA) is 9.23 Å². The molecule has 14 aromatic carbocycles. The fourth-order valence-electron chi connectivity index (χ4n) is 14.7. The van der Waals surface area contributed by atoms with Crippen LogP contribution in [0.4, 0.5) is 0 Å². The molecule has 0 amide bonds. The first kappa shape index (κ1) is 70.7. The summed E-state index contributed by atoms with van der Waals surface area (Å²) in [5.74, 6) is 0.981. The van der Waals surface area contributed by atoms with Crippen LogP contribution in [0.1, 0.15) is 130 Å². The molecule has 1 nitrogen and oxygen atoms in total. The molecular formula is C101H96O. The van der Waals surface area contributed by atoms with Gasteiger partial charge in [0.05, 0.1) is 17.4 Å². The van der Waals surface area contributed by atoms with E-state index >= 15 is 0 Å². The summed E-state index contributed by atoms with van der Waals surface area (Å²) in [7, 11) is 0. The van der Waals surface area contributed by atoms with Crippen LogP contribution in [0.25, 0.3) is 55.6 Å². The minimum atomic E-state index is -0.263. The molecule has 14 aromatic rings. The van der Waals surface area contributed by atoms with Crippen molar-refractivity contribution in [3.8, 4) is 61.4 Å². The average molecular weight is 1330 g/mol. The van der Waals surface area contributed by atoms with E-state index in [0.29, 0.717) is 0 Å². The summed E-state index contributed by atoms with van der Waals surface area (Å²) < 4.78 is 5.50. The molecule has 0 saturated carbocycles. The Hall–Kier alpha value is -11.1. The monoisotopic (exact) mass is 1320 g/mol. The summed E-state index contributed by atoms with van der Waals surface area (Å²) in [4.78, 5) is 0. The molecule has 17 rings (SSSR count). The van der Waals surface area contributed by atoms with Gasteiger partial charge in [-0.3, -0.25) is 0 Å². The average Bonchev–Trinajstić information content (AvgIpc) is 1.52. The van der Waals surface area contributed by atoms with Gasteiger partial charge in [0.15, 0.2) is 0 Å². The van der Waals surface area contributed by atoms with Gasteiger partial charge in [-0.25, -0.2) is 0 Å². The van der Waals surface area contributed by atoms with Gasteiger partial charge >= 0.3 is 0 Å². The minimum absolute atomic E-state index is 0.189. The van der Waals surface area contributed by atoms with E-state index in [-0.39, 0.29) is 16.2 Å². The number of unbranched alkanes of at least 4 members (excludes halogenated alkanes) is 1. The zero-order valence-electron chi connectivity index (χ0n) is 61.4. The Morgan fingerprint density at radius 3 is 0.902 bits per heavy atom. The molecule has 0 aliphatic heterocycles. The number of hydrogen-bond acceptors (Lipinski definition) is 1. The summed E-state index contributed by atoms with van der Waals surface area (Å²) in [6.45, 7) is 24.6. The van der Waals surface area contributed by atoms with E-state index in [4.69, 9.17) is 4.74 Å². The van der Waals surface area contributed by atoms with Crippen LogP contribution in [0.5, 0.6) is 5.75 Å². The molecule has 0 fully saturated rings. The van der Waals surface area contributed by atoms with E-state index in [2.05, 4.69) is 404 Å². The number of ether oxygens (including phenoxy) is 1. The van der Waals surface area contributed by atoms with Crippen LogP contribution in [0.15, 0.2) is 346 Å². The zero-order valence-corrected chi connectivity index (χ0v) is 61.4. The maximum absolute atomic E-state index is 5.50. The maximum Gasteiger partial charge on any atom is 0.119 e. The Bertz CT molecular complexity index is 4810. The van der Waals surface area contributed by atoms with E-state index in [1.807, 2.05) is 18.2 Å². The minimum Gasteiger partial charge on any atom is -0.494 e. The summed E-state index contributed by atoms with van der Waals surface area (Å²) in [6, 6.07) is 125. The van der Waals surface area contributed by atoms with E-state index in [1.54, 1.807) is 0 Å². The second kappa shape index (κ2) is 32.0. The van der Waals surface area contributed by atoms with Crippen molar-refractivity contribution in [1.29, 1.82) is 0 Å². The second-order valence-corrected chi connectivity index (χ2v) is 28.6. The lowest BCUT2D eigenvalue weighted by atomic mass is 9.67. The van der Waals surface area contributed by atoms with Crippen LogP contribution >= 0.6 is 0 Å². The Morgan fingerprint density at radius 1 is 0.255 bits per heavy atom. The predicted octanol–water partition coefficient (Wildman–Crippen LogP) is 26.8. The lowest BCUT2D eigenvalue weighted by Crippen LogP contribution is -2.28. The first-order valence-corrected chi connectivity index (χ1v) is 36.3. The molecule has 102 heavy (non-hydrogen) atoms. The third kappa shape index (κ3) is 15.3. The van der Waals surface area contributed by atoms with Gasteiger partial charge in [0, 0.05) is 0 Å². The van der Waals surface area contributed by atoms with Crippen molar-refractivity contribution >= 4 is 0 Å². The number of benzene rings is 14. The second-order valence-electron chi connectivity index (χ2n) is 28.6. The largest absolute Gasteiger partial charge is 0.494 e. The number of fused-ring (bicyclic) bond motifs is 13. The highest BCUT2D eigenvalue weighted by Gasteiger charge is 2.51. The molecule has 0 radical (unpaired) electrons. The quantitative estimate of drug-likeness (QED) is 0.138. The van der Waals surface area contributed by atoms with Crippen molar-refractivity contribution < 1.29 is 4.74 Å². The summed E-state index contributed by atoms with van der Waals surface area (Å²) in [5, 5.41) is 0. The van der Waals surface area contributed by atoms with Crippen molar-refractivity contribution in [3.63, 3.8) is 0 Å². The SMILES string of the molecule is CCCCOc1ccc(C)cc1.Cc1ccc(-c2ccc(-c3ccccc3)cc2)cc1.Cc1ccc(C(C)(C)C)cc1.Cc1ccc(C)cc1.Cc1ccc2c(c1)C(c1ccccc1)(c1ccccc1)c1ccccc1-2.Cc1ccc2c(c1)C1(c3ccccc3-c3ccccc31)c1ccccc1-2. The first-order chi connectivity index (χ1) is 49.6. The fourth-order valence-corrected chi connectivity index (χ4v) is 14.7. The normalized spacial score (nSPS) is 12.3. The molecule has 1 heteroatoms. The van der Waals surface area contributed by atoms with Crippen LogP contribution in [0.2, 0.25) is 0 Å².